The zero-order valence-electron chi connectivity index (χ0n) is 12.6. The number of benzene rings is 2. The van der Waals surface area contributed by atoms with Crippen LogP contribution in [0.1, 0.15) is 21.5 Å². The maximum Gasteiger partial charge on any atom is 0.251 e. The monoisotopic (exact) mass is 316 g/mol. The van der Waals surface area contributed by atoms with Gasteiger partial charge < -0.3 is 15.8 Å². The van der Waals surface area contributed by atoms with Crippen LogP contribution in [-0.2, 0) is 11.4 Å². The minimum absolute atomic E-state index is 0.190. The lowest BCUT2D eigenvalue weighted by Gasteiger charge is -2.10. The van der Waals surface area contributed by atoms with E-state index >= 15 is 0 Å². The molecule has 0 saturated carbocycles. The van der Waals surface area contributed by atoms with Gasteiger partial charge >= 0.3 is 0 Å². The van der Waals surface area contributed by atoms with Crippen molar-refractivity contribution >= 4 is 11.8 Å². The summed E-state index contributed by atoms with van der Waals surface area (Å²) < 4.78 is 18.9. The molecule has 120 valence electrons. The van der Waals surface area contributed by atoms with Gasteiger partial charge in [-0.2, -0.15) is 0 Å². The summed E-state index contributed by atoms with van der Waals surface area (Å²) in [5, 5.41) is 2.40. The van der Waals surface area contributed by atoms with Gasteiger partial charge in [0.15, 0.2) is 0 Å². The highest BCUT2D eigenvalue weighted by Crippen LogP contribution is 2.17. The van der Waals surface area contributed by atoms with Gasteiger partial charge in [-0.1, -0.05) is 12.1 Å². The number of primary amides is 1. The molecule has 5 nitrogen and oxygen atoms in total. The number of carbonyl (C=O) groups is 2. The molecular formula is C17H17FN2O3. The number of amides is 2. The van der Waals surface area contributed by atoms with Gasteiger partial charge in [-0.3, -0.25) is 9.59 Å². The minimum atomic E-state index is -0.618. The first-order valence-corrected chi connectivity index (χ1v) is 7.00. The predicted molar refractivity (Wildman–Crippen MR) is 83.4 cm³/mol. The third-order valence-corrected chi connectivity index (χ3v) is 3.22. The van der Waals surface area contributed by atoms with E-state index in [4.69, 9.17) is 10.5 Å². The molecule has 0 aliphatic carbocycles. The summed E-state index contributed by atoms with van der Waals surface area (Å²) in [5.74, 6) is -0.891. The van der Waals surface area contributed by atoms with Crippen molar-refractivity contribution in [2.24, 2.45) is 5.73 Å². The second-order valence-corrected chi connectivity index (χ2v) is 5.04. The van der Waals surface area contributed by atoms with Crippen LogP contribution in [0.15, 0.2) is 42.5 Å². The summed E-state index contributed by atoms with van der Waals surface area (Å²) in [7, 11) is 0. The van der Waals surface area contributed by atoms with E-state index in [9.17, 15) is 14.0 Å². The van der Waals surface area contributed by atoms with Crippen molar-refractivity contribution in [1.82, 2.24) is 5.32 Å². The van der Waals surface area contributed by atoms with Crippen LogP contribution in [0, 0.1) is 12.7 Å². The van der Waals surface area contributed by atoms with Crippen LogP contribution >= 0.6 is 0 Å². The number of hydrogen-bond acceptors (Lipinski definition) is 3. The Bertz CT molecular complexity index is 732. The van der Waals surface area contributed by atoms with Gasteiger partial charge in [-0.05, 0) is 48.4 Å². The normalized spacial score (nSPS) is 10.2. The smallest absolute Gasteiger partial charge is 0.251 e. The molecule has 3 N–H and O–H groups in total. The highest BCUT2D eigenvalue weighted by Gasteiger charge is 2.08. The Balaban J connectivity index is 2.03. The van der Waals surface area contributed by atoms with Crippen molar-refractivity contribution in [3.8, 4) is 5.75 Å². The van der Waals surface area contributed by atoms with Crippen LogP contribution in [0.5, 0.6) is 5.75 Å². The molecule has 0 atom stereocenters. The average Bonchev–Trinajstić information content (AvgIpc) is 2.53. The lowest BCUT2D eigenvalue weighted by atomic mass is 10.1. The first kappa shape index (κ1) is 16.5. The maximum atomic E-state index is 13.2. The predicted octanol–water partition coefficient (Wildman–Crippen LogP) is 1.93. The zero-order chi connectivity index (χ0) is 16.8. The highest BCUT2D eigenvalue weighted by atomic mass is 19.1. The minimum Gasteiger partial charge on any atom is -0.489 e. The molecule has 2 aromatic rings. The molecule has 2 amide bonds. The van der Waals surface area contributed by atoms with Gasteiger partial charge in [0.05, 0.1) is 6.54 Å². The van der Waals surface area contributed by atoms with Gasteiger partial charge in [0.1, 0.15) is 18.2 Å². The highest BCUT2D eigenvalue weighted by molar-refractivity contribution is 5.96. The molecule has 0 heterocycles. The molecule has 0 aliphatic heterocycles. The Morgan fingerprint density at radius 2 is 2.00 bits per heavy atom. The topological polar surface area (TPSA) is 81.4 Å². The average molecular weight is 316 g/mol. The van der Waals surface area contributed by atoms with Crippen LogP contribution in [0.3, 0.4) is 0 Å². The van der Waals surface area contributed by atoms with Crippen molar-refractivity contribution in [1.29, 1.82) is 0 Å². The van der Waals surface area contributed by atoms with Gasteiger partial charge in [0.2, 0.25) is 5.91 Å². The van der Waals surface area contributed by atoms with Crippen LogP contribution in [0.25, 0.3) is 0 Å². The number of halogens is 1. The fourth-order valence-corrected chi connectivity index (χ4v) is 1.95. The lowest BCUT2D eigenvalue weighted by molar-refractivity contribution is -0.117. The molecule has 0 bridgehead atoms. The number of rotatable bonds is 6. The van der Waals surface area contributed by atoms with Crippen LogP contribution in [0.4, 0.5) is 4.39 Å². The van der Waals surface area contributed by atoms with Crippen molar-refractivity contribution < 1.29 is 18.7 Å². The van der Waals surface area contributed by atoms with Crippen LogP contribution in [-0.4, -0.2) is 18.4 Å². The first-order chi connectivity index (χ1) is 11.0. The SMILES string of the molecule is Cc1ccc(F)cc1COc1cccc(C(=O)NCC(N)=O)c1. The maximum absolute atomic E-state index is 13.2. The molecule has 0 unspecified atom stereocenters. The molecule has 0 fully saturated rings. The van der Waals surface area contributed by atoms with Gasteiger partial charge in [0.25, 0.3) is 5.91 Å². The van der Waals surface area contributed by atoms with Crippen molar-refractivity contribution in [2.75, 3.05) is 6.54 Å². The number of ether oxygens (including phenoxy) is 1. The van der Waals surface area contributed by atoms with E-state index in [2.05, 4.69) is 5.32 Å². The number of nitrogens with one attached hydrogen (secondary N) is 1. The summed E-state index contributed by atoms with van der Waals surface area (Å²) >= 11 is 0. The van der Waals surface area contributed by atoms with E-state index in [1.165, 1.54) is 12.1 Å². The molecule has 2 rings (SSSR count). The molecule has 23 heavy (non-hydrogen) atoms. The number of carbonyl (C=O) groups excluding carboxylic acids is 2. The van der Waals surface area contributed by atoms with Gasteiger partial charge in [-0.25, -0.2) is 4.39 Å². The summed E-state index contributed by atoms with van der Waals surface area (Å²) in [6.45, 7) is 1.83. The first-order valence-electron chi connectivity index (χ1n) is 7.00. The standard InChI is InChI=1S/C17H17FN2O3/c1-11-5-6-14(18)7-13(11)10-23-15-4-2-3-12(8-15)17(22)20-9-16(19)21/h2-8H,9-10H2,1H3,(H2,19,21)(H,20,22). The van der Waals surface area contributed by atoms with E-state index in [1.807, 2.05) is 6.92 Å². The number of nitrogens with two attached hydrogens (primary N) is 1. The number of aryl methyl sites for hydroxylation is 1. The second kappa shape index (κ2) is 7.40. The number of hydrogen-bond donors (Lipinski definition) is 2. The Morgan fingerprint density at radius 3 is 2.74 bits per heavy atom. The zero-order valence-corrected chi connectivity index (χ0v) is 12.6. The molecule has 6 heteroatoms. The largest absolute Gasteiger partial charge is 0.489 e. The van der Waals surface area contributed by atoms with Crippen molar-refractivity contribution in [3.63, 3.8) is 0 Å². The molecule has 0 saturated heterocycles. The Morgan fingerprint density at radius 1 is 1.22 bits per heavy atom. The van der Waals surface area contributed by atoms with E-state index in [0.717, 1.165) is 11.1 Å². The van der Waals surface area contributed by atoms with Crippen LogP contribution < -0.4 is 15.8 Å². The van der Waals surface area contributed by atoms with E-state index in [-0.39, 0.29) is 19.0 Å². The van der Waals surface area contributed by atoms with E-state index < -0.39 is 11.8 Å². The third kappa shape index (κ3) is 4.81. The molecule has 0 aromatic heterocycles. The fourth-order valence-electron chi connectivity index (χ4n) is 1.95. The second-order valence-electron chi connectivity index (χ2n) is 5.04. The van der Waals surface area contributed by atoms with Crippen molar-refractivity contribution in [3.05, 3.63) is 65.0 Å². The van der Waals surface area contributed by atoms with E-state index in [1.54, 1.807) is 30.3 Å². The summed E-state index contributed by atoms with van der Waals surface area (Å²) in [6.07, 6.45) is 0. The molecular weight excluding hydrogens is 299 g/mol. The summed E-state index contributed by atoms with van der Waals surface area (Å²) in [5.41, 5.74) is 6.97. The summed E-state index contributed by atoms with van der Waals surface area (Å²) in [6, 6.07) is 11.0. The quantitative estimate of drug-likeness (QED) is 0.854. The molecule has 2 aromatic carbocycles. The van der Waals surface area contributed by atoms with Gasteiger partial charge in [-0.15, -0.1) is 0 Å². The lowest BCUT2D eigenvalue weighted by Crippen LogP contribution is -2.33. The molecule has 0 radical (unpaired) electrons. The fraction of sp³-hybridized carbons (Fsp3) is 0.176. The Kier molecular flexibility index (Phi) is 5.30. The Hall–Kier alpha value is -2.89. The van der Waals surface area contributed by atoms with Crippen LogP contribution in [0.2, 0.25) is 0 Å². The summed E-state index contributed by atoms with van der Waals surface area (Å²) in [4.78, 5) is 22.5. The molecule has 0 spiro atoms. The van der Waals surface area contributed by atoms with Crippen molar-refractivity contribution in [2.45, 2.75) is 13.5 Å². The molecule has 0 aliphatic rings. The van der Waals surface area contributed by atoms with Gasteiger partial charge in [0, 0.05) is 5.56 Å². The Labute approximate surface area is 133 Å². The van der Waals surface area contributed by atoms with E-state index in [0.29, 0.717) is 11.3 Å². The third-order valence-electron chi connectivity index (χ3n) is 3.22.